The summed E-state index contributed by atoms with van der Waals surface area (Å²) >= 11 is 12.1. The molecule has 1 aromatic heterocycles. The average molecular weight is 472 g/mol. The summed E-state index contributed by atoms with van der Waals surface area (Å²) in [5, 5.41) is 8.79. The number of amides is 1. The molecule has 1 fully saturated rings. The van der Waals surface area contributed by atoms with Crippen LogP contribution in [0.5, 0.6) is 0 Å². The predicted molar refractivity (Wildman–Crippen MR) is 128 cm³/mol. The van der Waals surface area contributed by atoms with Crippen LogP contribution >= 0.6 is 23.2 Å². The summed E-state index contributed by atoms with van der Waals surface area (Å²) in [6.45, 7) is 7.22. The van der Waals surface area contributed by atoms with Crippen LogP contribution in [0.4, 0.5) is 0 Å². The fourth-order valence-electron chi connectivity index (χ4n) is 3.91. The van der Waals surface area contributed by atoms with Gasteiger partial charge in [0.05, 0.1) is 34.5 Å². The Kier molecular flexibility index (Phi) is 7.48. The minimum absolute atomic E-state index is 0.0230. The number of nitrogens with zero attached hydrogens (tertiary/aromatic N) is 4. The van der Waals surface area contributed by atoms with E-state index in [1.54, 1.807) is 0 Å². The standard InChI is InChI=1S/C24H27Cl2N5O/c1-18-13-20(28-31(18)21-5-3-2-4-6-21)15-27-24(32)17-30-11-9-29(10-12-30)16-19-7-8-22(25)23(26)14-19/h2-8,13-14H,9-12,15-17H2,1H3,(H,27,32). The lowest BCUT2D eigenvalue weighted by molar-refractivity contribution is -0.122. The Labute approximate surface area is 198 Å². The Hall–Kier alpha value is -2.38. The molecule has 0 unspecified atom stereocenters. The number of hydrogen-bond acceptors (Lipinski definition) is 4. The fourth-order valence-corrected chi connectivity index (χ4v) is 4.23. The number of carbonyl (C=O) groups is 1. The summed E-state index contributed by atoms with van der Waals surface area (Å²) in [6.07, 6.45) is 0. The van der Waals surface area contributed by atoms with Gasteiger partial charge in [-0.1, -0.05) is 47.5 Å². The topological polar surface area (TPSA) is 53.4 Å². The molecule has 32 heavy (non-hydrogen) atoms. The summed E-state index contributed by atoms with van der Waals surface area (Å²) < 4.78 is 1.90. The average Bonchev–Trinajstić information content (AvgIpc) is 3.17. The van der Waals surface area contributed by atoms with Gasteiger partial charge in [0.1, 0.15) is 0 Å². The van der Waals surface area contributed by atoms with E-state index in [2.05, 4.69) is 20.2 Å². The number of nitrogens with one attached hydrogen (secondary N) is 1. The molecule has 3 aromatic rings. The van der Waals surface area contributed by atoms with E-state index in [-0.39, 0.29) is 5.91 Å². The smallest absolute Gasteiger partial charge is 0.234 e. The van der Waals surface area contributed by atoms with Crippen molar-refractivity contribution in [3.63, 3.8) is 0 Å². The number of piperazine rings is 1. The summed E-state index contributed by atoms with van der Waals surface area (Å²) in [5.41, 5.74) is 4.06. The molecule has 0 atom stereocenters. The highest BCUT2D eigenvalue weighted by Gasteiger charge is 2.19. The van der Waals surface area contributed by atoms with Gasteiger partial charge in [0.15, 0.2) is 0 Å². The van der Waals surface area contributed by atoms with Gasteiger partial charge in [-0.15, -0.1) is 0 Å². The highest BCUT2D eigenvalue weighted by atomic mass is 35.5. The zero-order valence-corrected chi connectivity index (χ0v) is 19.6. The highest BCUT2D eigenvalue weighted by molar-refractivity contribution is 6.42. The zero-order valence-electron chi connectivity index (χ0n) is 18.1. The first-order valence-electron chi connectivity index (χ1n) is 10.7. The number of hydrogen-bond donors (Lipinski definition) is 1. The second kappa shape index (κ2) is 10.5. The van der Waals surface area contributed by atoms with Crippen molar-refractivity contribution < 1.29 is 4.79 Å². The normalized spacial score (nSPS) is 15.1. The van der Waals surface area contributed by atoms with E-state index in [0.717, 1.165) is 55.4 Å². The van der Waals surface area contributed by atoms with Gasteiger partial charge in [-0.25, -0.2) is 4.68 Å². The van der Waals surface area contributed by atoms with E-state index in [4.69, 9.17) is 23.2 Å². The second-order valence-corrected chi connectivity index (χ2v) is 8.92. The summed E-state index contributed by atoms with van der Waals surface area (Å²) in [7, 11) is 0. The SMILES string of the molecule is Cc1cc(CNC(=O)CN2CCN(Cc3ccc(Cl)c(Cl)c3)CC2)nn1-c1ccccc1. The lowest BCUT2D eigenvalue weighted by atomic mass is 10.2. The Balaban J connectivity index is 1.21. The van der Waals surface area contributed by atoms with E-state index in [1.807, 2.05) is 66.2 Å². The first-order chi connectivity index (χ1) is 15.5. The molecular weight excluding hydrogens is 445 g/mol. The van der Waals surface area contributed by atoms with Crippen LogP contribution in [0.2, 0.25) is 10.0 Å². The van der Waals surface area contributed by atoms with Gasteiger partial charge in [-0.2, -0.15) is 5.10 Å². The van der Waals surface area contributed by atoms with Crippen LogP contribution < -0.4 is 5.32 Å². The first-order valence-corrected chi connectivity index (χ1v) is 11.5. The maximum absolute atomic E-state index is 12.5. The number of para-hydroxylation sites is 1. The highest BCUT2D eigenvalue weighted by Crippen LogP contribution is 2.23. The van der Waals surface area contributed by atoms with Gasteiger partial charge in [0.25, 0.3) is 0 Å². The third-order valence-corrected chi connectivity index (χ3v) is 6.37. The number of benzene rings is 2. The molecule has 1 N–H and O–H groups in total. The van der Waals surface area contributed by atoms with Gasteiger partial charge in [0, 0.05) is 38.4 Å². The molecule has 1 aliphatic rings. The molecule has 0 spiro atoms. The molecule has 1 aliphatic heterocycles. The second-order valence-electron chi connectivity index (χ2n) is 8.10. The molecule has 6 nitrogen and oxygen atoms in total. The molecule has 0 saturated carbocycles. The van der Waals surface area contributed by atoms with Crippen LogP contribution in [-0.4, -0.2) is 58.2 Å². The van der Waals surface area contributed by atoms with Crippen LogP contribution in [0.15, 0.2) is 54.6 Å². The third kappa shape index (κ3) is 5.90. The van der Waals surface area contributed by atoms with Crippen LogP contribution in [0.25, 0.3) is 5.69 Å². The van der Waals surface area contributed by atoms with Crippen molar-refractivity contribution in [3.8, 4) is 5.69 Å². The van der Waals surface area contributed by atoms with Crippen molar-refractivity contribution in [3.05, 3.63) is 81.6 Å². The van der Waals surface area contributed by atoms with Crippen molar-refractivity contribution in [1.29, 1.82) is 0 Å². The molecule has 1 saturated heterocycles. The molecular formula is C24H27Cl2N5O. The molecule has 0 aliphatic carbocycles. The summed E-state index contributed by atoms with van der Waals surface area (Å²) in [5.74, 6) is 0.0230. The first kappa shape index (κ1) is 22.8. The Morgan fingerprint density at radius 3 is 2.41 bits per heavy atom. The van der Waals surface area contributed by atoms with Gasteiger partial charge in [-0.05, 0) is 42.8 Å². The van der Waals surface area contributed by atoms with Gasteiger partial charge < -0.3 is 5.32 Å². The fraction of sp³-hybridized carbons (Fsp3) is 0.333. The monoisotopic (exact) mass is 471 g/mol. The van der Waals surface area contributed by atoms with Crippen LogP contribution in [0.1, 0.15) is 17.0 Å². The predicted octanol–water partition coefficient (Wildman–Crippen LogP) is 3.92. The van der Waals surface area contributed by atoms with E-state index >= 15 is 0 Å². The summed E-state index contributed by atoms with van der Waals surface area (Å²) in [4.78, 5) is 17.0. The Morgan fingerprint density at radius 1 is 0.969 bits per heavy atom. The molecule has 1 amide bonds. The molecule has 4 rings (SSSR count). The van der Waals surface area contributed by atoms with Gasteiger partial charge in [0.2, 0.25) is 5.91 Å². The minimum Gasteiger partial charge on any atom is -0.349 e. The lowest BCUT2D eigenvalue weighted by Gasteiger charge is -2.34. The maximum Gasteiger partial charge on any atom is 0.234 e. The van der Waals surface area contributed by atoms with Crippen LogP contribution in [0, 0.1) is 6.92 Å². The quantitative estimate of drug-likeness (QED) is 0.567. The van der Waals surface area contributed by atoms with E-state index in [0.29, 0.717) is 23.1 Å². The van der Waals surface area contributed by atoms with Crippen LogP contribution in [-0.2, 0) is 17.9 Å². The zero-order chi connectivity index (χ0) is 22.5. The number of halogens is 2. The number of carbonyl (C=O) groups excluding carboxylic acids is 1. The van der Waals surface area contributed by atoms with Gasteiger partial charge in [-0.3, -0.25) is 14.6 Å². The molecule has 2 aromatic carbocycles. The van der Waals surface area contributed by atoms with Gasteiger partial charge >= 0.3 is 0 Å². The van der Waals surface area contributed by atoms with Crippen LogP contribution in [0.3, 0.4) is 0 Å². The number of aromatic nitrogens is 2. The number of aryl methyl sites for hydroxylation is 1. The largest absolute Gasteiger partial charge is 0.349 e. The van der Waals surface area contributed by atoms with E-state index in [1.165, 1.54) is 0 Å². The van der Waals surface area contributed by atoms with Crippen molar-refractivity contribution >= 4 is 29.1 Å². The molecule has 2 heterocycles. The van der Waals surface area contributed by atoms with Crippen molar-refractivity contribution in [2.75, 3.05) is 32.7 Å². The molecule has 0 bridgehead atoms. The van der Waals surface area contributed by atoms with E-state index in [9.17, 15) is 4.79 Å². The summed E-state index contributed by atoms with van der Waals surface area (Å²) in [6, 6.07) is 17.8. The Morgan fingerprint density at radius 2 is 1.69 bits per heavy atom. The molecule has 8 heteroatoms. The van der Waals surface area contributed by atoms with Crippen molar-refractivity contribution in [2.45, 2.75) is 20.0 Å². The molecule has 0 radical (unpaired) electrons. The third-order valence-electron chi connectivity index (χ3n) is 5.63. The Bertz CT molecular complexity index is 1060. The lowest BCUT2D eigenvalue weighted by Crippen LogP contribution is -2.49. The van der Waals surface area contributed by atoms with Crippen molar-refractivity contribution in [2.24, 2.45) is 0 Å². The number of rotatable bonds is 7. The molecule has 168 valence electrons. The maximum atomic E-state index is 12.5. The minimum atomic E-state index is 0.0230. The van der Waals surface area contributed by atoms with Crippen molar-refractivity contribution in [1.82, 2.24) is 24.9 Å². The van der Waals surface area contributed by atoms with E-state index < -0.39 is 0 Å².